The van der Waals surface area contributed by atoms with Gasteiger partial charge in [0.25, 0.3) is 0 Å². The summed E-state index contributed by atoms with van der Waals surface area (Å²) in [6.07, 6.45) is 0.326. The molecular weight excluding hydrogens is 314 g/mol. The van der Waals surface area contributed by atoms with Crippen LogP contribution < -0.4 is 0 Å². The van der Waals surface area contributed by atoms with E-state index in [9.17, 15) is 0 Å². The van der Waals surface area contributed by atoms with E-state index in [4.69, 9.17) is 14.2 Å². The molecule has 2 aromatic carbocycles. The van der Waals surface area contributed by atoms with Crippen LogP contribution in [0.1, 0.15) is 11.1 Å². The average molecular weight is 341 g/mol. The van der Waals surface area contributed by atoms with Crippen LogP contribution in [0, 0.1) is 0 Å². The summed E-state index contributed by atoms with van der Waals surface area (Å²) in [5, 5.41) is 0. The fourth-order valence-corrected chi connectivity index (χ4v) is 2.69. The lowest BCUT2D eigenvalue weighted by atomic mass is 10.1. The molecule has 0 saturated carbocycles. The van der Waals surface area contributed by atoms with E-state index in [1.807, 2.05) is 0 Å². The summed E-state index contributed by atoms with van der Waals surface area (Å²) in [5.74, 6) is 0. The first kappa shape index (κ1) is 18.1. The predicted molar refractivity (Wildman–Crippen MR) is 98.4 cm³/mol. The van der Waals surface area contributed by atoms with Crippen molar-refractivity contribution in [2.75, 3.05) is 39.6 Å². The molecule has 1 atom stereocenters. The minimum Gasteiger partial charge on any atom is -0.378 e. The highest BCUT2D eigenvalue weighted by molar-refractivity contribution is 5.17. The Labute approximate surface area is 150 Å². The lowest BCUT2D eigenvalue weighted by Gasteiger charge is -2.22. The summed E-state index contributed by atoms with van der Waals surface area (Å²) in [6.45, 7) is 6.27. The van der Waals surface area contributed by atoms with Gasteiger partial charge in [-0.05, 0) is 11.1 Å². The molecule has 1 heterocycles. The van der Waals surface area contributed by atoms with Gasteiger partial charge in [-0.1, -0.05) is 60.7 Å². The van der Waals surface area contributed by atoms with E-state index in [2.05, 4.69) is 65.6 Å². The second-order valence-corrected chi connectivity index (χ2v) is 6.32. The monoisotopic (exact) mass is 341 g/mol. The zero-order chi connectivity index (χ0) is 17.2. The average Bonchev–Trinajstić information content (AvgIpc) is 3.47. The van der Waals surface area contributed by atoms with Gasteiger partial charge in [-0.15, -0.1) is 0 Å². The van der Waals surface area contributed by atoms with E-state index < -0.39 is 0 Å². The largest absolute Gasteiger partial charge is 0.378 e. The predicted octanol–water partition coefficient (Wildman–Crippen LogP) is 3.12. The molecule has 0 aromatic heterocycles. The molecule has 0 aliphatic carbocycles. The van der Waals surface area contributed by atoms with Crippen molar-refractivity contribution in [2.24, 2.45) is 0 Å². The van der Waals surface area contributed by atoms with Gasteiger partial charge in [-0.3, -0.25) is 4.90 Å². The Kier molecular flexibility index (Phi) is 7.46. The Bertz CT molecular complexity index is 545. The first-order valence-electron chi connectivity index (χ1n) is 8.97. The molecule has 1 aliphatic rings. The van der Waals surface area contributed by atoms with Crippen LogP contribution in [-0.4, -0.2) is 50.6 Å². The quantitative estimate of drug-likeness (QED) is 0.439. The van der Waals surface area contributed by atoms with Gasteiger partial charge in [-0.2, -0.15) is 0 Å². The Hall–Kier alpha value is -1.72. The van der Waals surface area contributed by atoms with E-state index >= 15 is 0 Å². The topological polar surface area (TPSA) is 34.2 Å². The number of hydrogen-bond donors (Lipinski definition) is 0. The van der Waals surface area contributed by atoms with Gasteiger partial charge in [0.15, 0.2) is 0 Å². The first-order valence-corrected chi connectivity index (χ1v) is 8.97. The van der Waals surface area contributed by atoms with Gasteiger partial charge in [0.1, 0.15) is 6.10 Å². The summed E-state index contributed by atoms with van der Waals surface area (Å²) in [4.78, 5) is 2.42. The molecule has 25 heavy (non-hydrogen) atoms. The molecule has 134 valence electrons. The third-order valence-electron chi connectivity index (χ3n) is 4.13. The minimum absolute atomic E-state index is 0.326. The third-order valence-corrected chi connectivity index (χ3v) is 4.13. The van der Waals surface area contributed by atoms with Crippen LogP contribution in [0.4, 0.5) is 0 Å². The van der Waals surface area contributed by atoms with E-state index in [0.29, 0.717) is 32.5 Å². The molecular formula is C21H27NO3. The Morgan fingerprint density at radius 2 is 1.36 bits per heavy atom. The highest BCUT2D eigenvalue weighted by atomic mass is 16.6. The van der Waals surface area contributed by atoms with E-state index in [1.165, 1.54) is 11.1 Å². The van der Waals surface area contributed by atoms with Gasteiger partial charge < -0.3 is 14.2 Å². The summed E-state index contributed by atoms with van der Waals surface area (Å²) >= 11 is 0. The van der Waals surface area contributed by atoms with Gasteiger partial charge in [0.05, 0.1) is 33.0 Å². The van der Waals surface area contributed by atoms with Gasteiger partial charge in [0.2, 0.25) is 0 Å². The standard InChI is InChI=1S/C21H27NO3/c1-3-7-19(8-4-1)15-22(16-20-9-5-2-6-10-20)11-12-23-13-14-24-17-21-18-25-21/h1-10,21H,11-18H2. The molecule has 0 amide bonds. The highest BCUT2D eigenvalue weighted by Gasteiger charge is 2.21. The number of ether oxygens (including phenoxy) is 3. The van der Waals surface area contributed by atoms with Crippen molar-refractivity contribution in [3.8, 4) is 0 Å². The molecule has 4 nitrogen and oxygen atoms in total. The summed E-state index contributed by atoms with van der Waals surface area (Å²) in [5.41, 5.74) is 2.65. The second-order valence-electron chi connectivity index (χ2n) is 6.32. The highest BCUT2D eigenvalue weighted by Crippen LogP contribution is 2.10. The van der Waals surface area contributed by atoms with E-state index in [-0.39, 0.29) is 0 Å². The van der Waals surface area contributed by atoms with Crippen molar-refractivity contribution in [3.05, 3.63) is 71.8 Å². The molecule has 2 aromatic rings. The fraction of sp³-hybridized carbons (Fsp3) is 0.429. The molecule has 0 N–H and O–H groups in total. The van der Waals surface area contributed by atoms with E-state index in [1.54, 1.807) is 0 Å². The van der Waals surface area contributed by atoms with Gasteiger partial charge in [-0.25, -0.2) is 0 Å². The Morgan fingerprint density at radius 3 is 1.92 bits per heavy atom. The van der Waals surface area contributed by atoms with Crippen LogP contribution in [0.15, 0.2) is 60.7 Å². The molecule has 1 aliphatic heterocycles. The number of nitrogens with zero attached hydrogens (tertiary/aromatic N) is 1. The zero-order valence-corrected chi connectivity index (χ0v) is 14.7. The van der Waals surface area contributed by atoms with E-state index in [0.717, 1.165) is 26.2 Å². The van der Waals surface area contributed by atoms with Crippen molar-refractivity contribution in [1.82, 2.24) is 4.90 Å². The first-order chi connectivity index (χ1) is 12.4. The molecule has 1 unspecified atom stereocenters. The van der Waals surface area contributed by atoms with Crippen molar-refractivity contribution in [3.63, 3.8) is 0 Å². The normalized spacial score (nSPS) is 16.3. The molecule has 0 radical (unpaired) electrons. The number of epoxide rings is 1. The maximum atomic E-state index is 5.73. The molecule has 1 saturated heterocycles. The Balaban J connectivity index is 1.40. The molecule has 0 spiro atoms. The summed E-state index contributed by atoms with van der Waals surface area (Å²) in [7, 11) is 0. The molecule has 0 bridgehead atoms. The molecule has 4 heteroatoms. The zero-order valence-electron chi connectivity index (χ0n) is 14.7. The molecule has 3 rings (SSSR count). The summed E-state index contributed by atoms with van der Waals surface area (Å²) in [6, 6.07) is 21.2. The third kappa shape index (κ3) is 7.36. The lowest BCUT2D eigenvalue weighted by molar-refractivity contribution is 0.0322. The van der Waals surface area contributed by atoms with Crippen LogP contribution in [0.25, 0.3) is 0 Å². The maximum absolute atomic E-state index is 5.73. The lowest BCUT2D eigenvalue weighted by Crippen LogP contribution is -2.27. The van der Waals surface area contributed by atoms with Crippen LogP contribution in [-0.2, 0) is 27.3 Å². The number of hydrogen-bond acceptors (Lipinski definition) is 4. The van der Waals surface area contributed by atoms with Crippen molar-refractivity contribution >= 4 is 0 Å². The van der Waals surface area contributed by atoms with Crippen molar-refractivity contribution in [1.29, 1.82) is 0 Å². The smallest absolute Gasteiger partial charge is 0.104 e. The van der Waals surface area contributed by atoms with Crippen LogP contribution in [0.2, 0.25) is 0 Å². The van der Waals surface area contributed by atoms with Crippen LogP contribution in [0.5, 0.6) is 0 Å². The fourth-order valence-electron chi connectivity index (χ4n) is 2.69. The minimum atomic E-state index is 0.326. The number of rotatable bonds is 12. The number of benzene rings is 2. The van der Waals surface area contributed by atoms with Crippen molar-refractivity contribution < 1.29 is 14.2 Å². The Morgan fingerprint density at radius 1 is 0.800 bits per heavy atom. The summed E-state index contributed by atoms with van der Waals surface area (Å²) < 4.78 is 16.3. The van der Waals surface area contributed by atoms with Crippen LogP contribution in [0.3, 0.4) is 0 Å². The maximum Gasteiger partial charge on any atom is 0.104 e. The van der Waals surface area contributed by atoms with Gasteiger partial charge in [0, 0.05) is 19.6 Å². The molecule has 1 fully saturated rings. The van der Waals surface area contributed by atoms with Gasteiger partial charge >= 0.3 is 0 Å². The second kappa shape index (κ2) is 10.3. The van der Waals surface area contributed by atoms with Crippen LogP contribution >= 0.6 is 0 Å². The SMILES string of the molecule is c1ccc(CN(CCOCCOCC2CO2)Cc2ccccc2)cc1. The van der Waals surface area contributed by atoms with Crippen molar-refractivity contribution in [2.45, 2.75) is 19.2 Å².